The van der Waals surface area contributed by atoms with E-state index in [2.05, 4.69) is 4.98 Å². The summed E-state index contributed by atoms with van der Waals surface area (Å²) in [5, 5.41) is 0. The van der Waals surface area contributed by atoms with Gasteiger partial charge in [-0.25, -0.2) is 13.8 Å². The van der Waals surface area contributed by atoms with E-state index in [4.69, 9.17) is 5.73 Å². The van der Waals surface area contributed by atoms with Crippen LogP contribution in [-0.4, -0.2) is 10.8 Å². The zero-order valence-electron chi connectivity index (χ0n) is 9.58. The maximum absolute atomic E-state index is 13.5. The zero-order chi connectivity index (χ0) is 13.3. The van der Waals surface area contributed by atoms with Gasteiger partial charge in [0, 0.05) is 6.20 Å². The van der Waals surface area contributed by atoms with E-state index in [0.29, 0.717) is 5.56 Å². The molecule has 0 saturated heterocycles. The minimum absolute atomic E-state index is 0.00531. The van der Waals surface area contributed by atoms with Crippen molar-refractivity contribution in [1.29, 1.82) is 0 Å². The molecule has 0 fully saturated rings. The summed E-state index contributed by atoms with van der Waals surface area (Å²) in [4.78, 5) is 15.9. The van der Waals surface area contributed by atoms with Crippen LogP contribution in [0.15, 0.2) is 30.5 Å². The first kappa shape index (κ1) is 12.2. The summed E-state index contributed by atoms with van der Waals surface area (Å²) < 4.78 is 26.5. The lowest BCUT2D eigenvalue weighted by Crippen LogP contribution is -2.09. The fourth-order valence-corrected chi connectivity index (χ4v) is 1.58. The molecule has 2 rings (SSSR count). The number of carbonyl (C=O) groups is 1. The average molecular weight is 248 g/mol. The van der Waals surface area contributed by atoms with Gasteiger partial charge in [-0.15, -0.1) is 0 Å². The first-order valence-corrected chi connectivity index (χ1v) is 5.21. The number of carbonyl (C=O) groups excluding carboxylic acids is 1. The predicted octanol–water partition coefficient (Wildman–Crippen LogP) is 2.48. The molecule has 0 radical (unpaired) electrons. The van der Waals surface area contributed by atoms with E-state index in [-0.39, 0.29) is 16.9 Å². The molecule has 0 unspecified atom stereocenters. The van der Waals surface area contributed by atoms with Crippen molar-refractivity contribution in [3.8, 4) is 0 Å². The summed E-state index contributed by atoms with van der Waals surface area (Å²) >= 11 is 0. The van der Waals surface area contributed by atoms with Crippen LogP contribution >= 0.6 is 0 Å². The standard InChI is InChI=1S/C13H10F2N2O/c1-7-4-10(13(16)17-6-7)12(18)9-5-8(14)2-3-11(9)15/h2-6H,1H3,(H2,16,17). The second kappa shape index (κ2) is 4.52. The zero-order valence-corrected chi connectivity index (χ0v) is 9.58. The van der Waals surface area contributed by atoms with Gasteiger partial charge in [0.1, 0.15) is 17.5 Å². The number of anilines is 1. The molecular formula is C13H10F2N2O. The molecule has 5 heteroatoms. The van der Waals surface area contributed by atoms with Gasteiger partial charge in [0.25, 0.3) is 0 Å². The van der Waals surface area contributed by atoms with Crippen molar-refractivity contribution in [2.75, 3.05) is 5.73 Å². The van der Waals surface area contributed by atoms with Gasteiger partial charge in [0.05, 0.1) is 11.1 Å². The molecule has 1 aromatic carbocycles. The van der Waals surface area contributed by atoms with E-state index in [1.165, 1.54) is 12.3 Å². The summed E-state index contributed by atoms with van der Waals surface area (Å²) in [6.07, 6.45) is 1.49. The summed E-state index contributed by atoms with van der Waals surface area (Å²) in [5.41, 5.74) is 6.00. The van der Waals surface area contributed by atoms with Crippen LogP contribution in [0.4, 0.5) is 14.6 Å². The lowest BCUT2D eigenvalue weighted by Gasteiger charge is -2.06. The Morgan fingerprint density at radius 1 is 1.22 bits per heavy atom. The van der Waals surface area contributed by atoms with E-state index in [0.717, 1.165) is 18.2 Å². The normalized spacial score (nSPS) is 10.4. The number of nitrogens with two attached hydrogens (primary N) is 1. The number of nitrogen functional groups attached to an aromatic ring is 1. The van der Waals surface area contributed by atoms with Gasteiger partial charge in [-0.1, -0.05) is 0 Å². The molecule has 0 aliphatic rings. The molecule has 0 atom stereocenters. The molecule has 92 valence electrons. The number of aryl methyl sites for hydroxylation is 1. The monoisotopic (exact) mass is 248 g/mol. The number of ketones is 1. The van der Waals surface area contributed by atoms with Gasteiger partial charge < -0.3 is 5.73 Å². The van der Waals surface area contributed by atoms with E-state index < -0.39 is 17.4 Å². The summed E-state index contributed by atoms with van der Waals surface area (Å²) in [5.74, 6) is -2.16. The van der Waals surface area contributed by atoms with E-state index in [1.54, 1.807) is 6.92 Å². The fourth-order valence-electron chi connectivity index (χ4n) is 1.58. The number of halogens is 2. The van der Waals surface area contributed by atoms with Crippen molar-refractivity contribution in [2.24, 2.45) is 0 Å². The maximum atomic E-state index is 13.5. The molecule has 0 aliphatic carbocycles. The lowest BCUT2D eigenvalue weighted by molar-refractivity contribution is 0.103. The molecule has 18 heavy (non-hydrogen) atoms. The predicted molar refractivity (Wildman–Crippen MR) is 63.2 cm³/mol. The quantitative estimate of drug-likeness (QED) is 0.830. The van der Waals surface area contributed by atoms with Crippen LogP contribution in [0, 0.1) is 18.6 Å². The highest BCUT2D eigenvalue weighted by Gasteiger charge is 2.18. The highest BCUT2D eigenvalue weighted by Crippen LogP contribution is 2.19. The molecular weight excluding hydrogens is 238 g/mol. The molecule has 2 aromatic rings. The number of pyridine rings is 1. The van der Waals surface area contributed by atoms with Crippen molar-refractivity contribution in [1.82, 2.24) is 4.98 Å². The SMILES string of the molecule is Cc1cnc(N)c(C(=O)c2cc(F)ccc2F)c1. The second-order valence-corrected chi connectivity index (χ2v) is 3.90. The van der Waals surface area contributed by atoms with Crippen LogP contribution < -0.4 is 5.73 Å². The third kappa shape index (κ3) is 2.20. The molecule has 0 saturated carbocycles. The fraction of sp³-hybridized carbons (Fsp3) is 0.0769. The van der Waals surface area contributed by atoms with Crippen molar-refractivity contribution < 1.29 is 13.6 Å². The van der Waals surface area contributed by atoms with Crippen molar-refractivity contribution in [3.05, 3.63) is 58.8 Å². The molecule has 0 amide bonds. The third-order valence-corrected chi connectivity index (χ3v) is 2.47. The Morgan fingerprint density at radius 2 is 1.94 bits per heavy atom. The van der Waals surface area contributed by atoms with E-state index in [9.17, 15) is 13.6 Å². The number of benzene rings is 1. The van der Waals surface area contributed by atoms with E-state index >= 15 is 0 Å². The molecule has 0 aliphatic heterocycles. The molecule has 1 heterocycles. The van der Waals surface area contributed by atoms with Crippen LogP contribution in [0.1, 0.15) is 21.5 Å². The van der Waals surface area contributed by atoms with Gasteiger partial charge in [-0.05, 0) is 36.8 Å². The Balaban J connectivity index is 2.54. The first-order valence-electron chi connectivity index (χ1n) is 5.21. The van der Waals surface area contributed by atoms with Crippen LogP contribution in [0.5, 0.6) is 0 Å². The van der Waals surface area contributed by atoms with Crippen molar-refractivity contribution in [3.63, 3.8) is 0 Å². The van der Waals surface area contributed by atoms with E-state index in [1.807, 2.05) is 0 Å². The Morgan fingerprint density at radius 3 is 2.67 bits per heavy atom. The number of nitrogens with zero attached hydrogens (tertiary/aromatic N) is 1. The Hall–Kier alpha value is -2.30. The van der Waals surface area contributed by atoms with Crippen LogP contribution in [0.2, 0.25) is 0 Å². The molecule has 1 aromatic heterocycles. The minimum Gasteiger partial charge on any atom is -0.383 e. The summed E-state index contributed by atoms with van der Waals surface area (Å²) in [7, 11) is 0. The molecule has 2 N–H and O–H groups in total. The van der Waals surface area contributed by atoms with Crippen molar-refractivity contribution in [2.45, 2.75) is 6.92 Å². The highest BCUT2D eigenvalue weighted by molar-refractivity contribution is 6.11. The Kier molecular flexibility index (Phi) is 3.06. The average Bonchev–Trinajstić information content (AvgIpc) is 2.34. The van der Waals surface area contributed by atoms with Crippen LogP contribution in [0.25, 0.3) is 0 Å². The van der Waals surface area contributed by atoms with Gasteiger partial charge in [-0.2, -0.15) is 0 Å². The van der Waals surface area contributed by atoms with Crippen LogP contribution in [0.3, 0.4) is 0 Å². The van der Waals surface area contributed by atoms with Crippen LogP contribution in [-0.2, 0) is 0 Å². The molecule has 3 nitrogen and oxygen atoms in total. The Bertz CT molecular complexity index is 573. The van der Waals surface area contributed by atoms with Gasteiger partial charge >= 0.3 is 0 Å². The molecule has 0 bridgehead atoms. The lowest BCUT2D eigenvalue weighted by atomic mass is 10.0. The Labute approximate surface area is 102 Å². The molecule has 0 spiro atoms. The minimum atomic E-state index is -0.790. The third-order valence-electron chi connectivity index (χ3n) is 2.47. The smallest absolute Gasteiger partial charge is 0.199 e. The topological polar surface area (TPSA) is 56.0 Å². The number of hydrogen-bond donors (Lipinski definition) is 1. The van der Waals surface area contributed by atoms with Crippen molar-refractivity contribution >= 4 is 11.6 Å². The summed E-state index contributed by atoms with van der Waals surface area (Å²) in [6, 6.07) is 4.19. The van der Waals surface area contributed by atoms with Gasteiger partial charge in [-0.3, -0.25) is 4.79 Å². The second-order valence-electron chi connectivity index (χ2n) is 3.90. The number of aromatic nitrogens is 1. The number of hydrogen-bond acceptors (Lipinski definition) is 3. The highest BCUT2D eigenvalue weighted by atomic mass is 19.1. The number of rotatable bonds is 2. The van der Waals surface area contributed by atoms with Gasteiger partial charge in [0.2, 0.25) is 0 Å². The first-order chi connectivity index (χ1) is 8.49. The largest absolute Gasteiger partial charge is 0.383 e. The summed E-state index contributed by atoms with van der Waals surface area (Å²) in [6.45, 7) is 1.73. The van der Waals surface area contributed by atoms with Gasteiger partial charge in [0.15, 0.2) is 5.78 Å². The maximum Gasteiger partial charge on any atom is 0.199 e.